The number of para-hydroxylation sites is 1. The van der Waals surface area contributed by atoms with Gasteiger partial charge in [-0.15, -0.1) is 0 Å². The number of carbonyl (C=O) groups excluding carboxylic acids is 1. The van der Waals surface area contributed by atoms with Crippen LogP contribution in [0.3, 0.4) is 0 Å². The molecule has 0 saturated carbocycles. The summed E-state index contributed by atoms with van der Waals surface area (Å²) in [6.45, 7) is 1.70. The molecule has 5 nitrogen and oxygen atoms in total. The highest BCUT2D eigenvalue weighted by Crippen LogP contribution is 2.22. The standard InChI is InChI=1S/C17H16N2O3S/c1-17(22,11-6-7-23-9-11)10-18-16(21)13-8-15(20)19-14-5-3-2-4-12(13)14/h2-9,22H,10H2,1H3,(H,18,21)(H,19,20). The van der Waals surface area contributed by atoms with E-state index in [4.69, 9.17) is 0 Å². The first-order valence-electron chi connectivity index (χ1n) is 7.13. The van der Waals surface area contributed by atoms with Gasteiger partial charge in [-0.05, 0) is 35.4 Å². The lowest BCUT2D eigenvalue weighted by atomic mass is 9.99. The van der Waals surface area contributed by atoms with Crippen LogP contribution in [0.5, 0.6) is 0 Å². The van der Waals surface area contributed by atoms with Crippen molar-refractivity contribution in [2.45, 2.75) is 12.5 Å². The molecule has 0 saturated heterocycles. The largest absolute Gasteiger partial charge is 0.384 e. The first kappa shape index (κ1) is 15.5. The number of aliphatic hydroxyl groups is 1. The van der Waals surface area contributed by atoms with Gasteiger partial charge in [0.05, 0.1) is 12.1 Å². The number of H-pyrrole nitrogens is 1. The highest BCUT2D eigenvalue weighted by atomic mass is 32.1. The minimum absolute atomic E-state index is 0.0592. The Labute approximate surface area is 136 Å². The Kier molecular flexibility index (Phi) is 4.02. The van der Waals surface area contributed by atoms with Crippen molar-refractivity contribution in [3.63, 3.8) is 0 Å². The fourth-order valence-corrected chi connectivity index (χ4v) is 3.20. The molecule has 3 N–H and O–H groups in total. The summed E-state index contributed by atoms with van der Waals surface area (Å²) < 4.78 is 0. The SMILES string of the molecule is CC(O)(CNC(=O)c1cc(=O)[nH]c2ccccc12)c1ccsc1. The molecule has 3 rings (SSSR count). The van der Waals surface area contributed by atoms with Gasteiger partial charge >= 0.3 is 0 Å². The van der Waals surface area contributed by atoms with Crippen LogP contribution in [0.25, 0.3) is 10.9 Å². The third kappa shape index (κ3) is 3.18. The zero-order valence-electron chi connectivity index (χ0n) is 12.5. The molecule has 0 aliphatic carbocycles. The number of nitrogens with one attached hydrogen (secondary N) is 2. The third-order valence-corrected chi connectivity index (χ3v) is 4.41. The van der Waals surface area contributed by atoms with Crippen LogP contribution >= 0.6 is 11.3 Å². The summed E-state index contributed by atoms with van der Waals surface area (Å²) in [5, 5.41) is 17.6. The average Bonchev–Trinajstić information content (AvgIpc) is 3.07. The molecule has 0 aliphatic rings. The second kappa shape index (κ2) is 5.98. The molecule has 1 unspecified atom stereocenters. The number of hydrogen-bond acceptors (Lipinski definition) is 4. The molecule has 0 spiro atoms. The minimum Gasteiger partial charge on any atom is -0.384 e. The summed E-state index contributed by atoms with van der Waals surface area (Å²) in [5.74, 6) is -0.386. The van der Waals surface area contributed by atoms with Gasteiger partial charge in [-0.25, -0.2) is 0 Å². The second-order valence-corrected chi connectivity index (χ2v) is 6.34. The van der Waals surface area contributed by atoms with Crippen LogP contribution in [0.4, 0.5) is 0 Å². The molecule has 1 aromatic carbocycles. The summed E-state index contributed by atoms with van der Waals surface area (Å²) in [4.78, 5) is 26.9. The Morgan fingerprint density at radius 2 is 2.13 bits per heavy atom. The van der Waals surface area contributed by atoms with E-state index in [0.717, 1.165) is 5.56 Å². The Bertz CT molecular complexity index is 898. The van der Waals surface area contributed by atoms with Crippen LogP contribution in [0.15, 0.2) is 52.0 Å². The summed E-state index contributed by atoms with van der Waals surface area (Å²) in [7, 11) is 0. The van der Waals surface area contributed by atoms with E-state index in [0.29, 0.717) is 16.5 Å². The molecule has 2 aromatic heterocycles. The lowest BCUT2D eigenvalue weighted by molar-refractivity contribution is 0.0530. The van der Waals surface area contributed by atoms with Gasteiger partial charge in [0, 0.05) is 17.0 Å². The van der Waals surface area contributed by atoms with Crippen molar-refractivity contribution in [2.75, 3.05) is 6.54 Å². The van der Waals surface area contributed by atoms with Crippen molar-refractivity contribution < 1.29 is 9.90 Å². The topological polar surface area (TPSA) is 82.2 Å². The lowest BCUT2D eigenvalue weighted by Crippen LogP contribution is -2.38. The van der Waals surface area contributed by atoms with Crippen LogP contribution in [0, 0.1) is 0 Å². The fourth-order valence-electron chi connectivity index (χ4n) is 2.41. The van der Waals surface area contributed by atoms with Crippen molar-refractivity contribution in [2.24, 2.45) is 0 Å². The van der Waals surface area contributed by atoms with Crippen LogP contribution in [-0.4, -0.2) is 22.5 Å². The van der Waals surface area contributed by atoms with Gasteiger partial charge in [0.15, 0.2) is 0 Å². The molecule has 0 radical (unpaired) electrons. The zero-order chi connectivity index (χ0) is 16.4. The van der Waals surface area contributed by atoms with E-state index in [1.165, 1.54) is 17.4 Å². The number of thiophene rings is 1. The average molecular weight is 328 g/mol. The Morgan fingerprint density at radius 3 is 2.87 bits per heavy atom. The number of pyridine rings is 1. The van der Waals surface area contributed by atoms with Crippen molar-refractivity contribution >= 4 is 28.1 Å². The first-order chi connectivity index (χ1) is 11.0. The fraction of sp³-hybridized carbons (Fsp3) is 0.176. The molecule has 1 amide bonds. The van der Waals surface area contributed by atoms with E-state index in [9.17, 15) is 14.7 Å². The Hall–Kier alpha value is -2.44. The summed E-state index contributed by atoms with van der Waals surface area (Å²) in [6, 6.07) is 10.2. The molecular formula is C17H16N2O3S. The van der Waals surface area contributed by atoms with E-state index in [1.807, 2.05) is 16.8 Å². The van der Waals surface area contributed by atoms with Gasteiger partial charge in [0.25, 0.3) is 5.91 Å². The van der Waals surface area contributed by atoms with Gasteiger partial charge in [-0.3, -0.25) is 9.59 Å². The van der Waals surface area contributed by atoms with Crippen LogP contribution in [-0.2, 0) is 5.60 Å². The maximum Gasteiger partial charge on any atom is 0.252 e. The first-order valence-corrected chi connectivity index (χ1v) is 8.07. The summed E-state index contributed by atoms with van der Waals surface area (Å²) >= 11 is 1.48. The van der Waals surface area contributed by atoms with Crippen molar-refractivity contribution in [3.05, 3.63) is 68.6 Å². The van der Waals surface area contributed by atoms with Gasteiger partial charge in [-0.1, -0.05) is 18.2 Å². The molecule has 3 aromatic rings. The maximum absolute atomic E-state index is 12.5. The highest BCUT2D eigenvalue weighted by molar-refractivity contribution is 7.08. The monoisotopic (exact) mass is 328 g/mol. The summed E-state index contributed by atoms with van der Waals surface area (Å²) in [5.41, 5.74) is 0.157. The number of benzene rings is 1. The van der Waals surface area contributed by atoms with Crippen molar-refractivity contribution in [1.29, 1.82) is 0 Å². The number of rotatable bonds is 4. The zero-order valence-corrected chi connectivity index (χ0v) is 13.3. The van der Waals surface area contributed by atoms with Gasteiger partial charge in [-0.2, -0.15) is 11.3 Å². The van der Waals surface area contributed by atoms with E-state index < -0.39 is 5.60 Å². The van der Waals surface area contributed by atoms with E-state index in [-0.39, 0.29) is 18.0 Å². The van der Waals surface area contributed by atoms with Gasteiger partial charge < -0.3 is 15.4 Å². The quantitative estimate of drug-likeness (QED) is 0.687. The Balaban J connectivity index is 1.86. The lowest BCUT2D eigenvalue weighted by Gasteiger charge is -2.23. The molecule has 6 heteroatoms. The molecule has 0 aliphatic heterocycles. The van der Waals surface area contributed by atoms with E-state index in [1.54, 1.807) is 31.2 Å². The van der Waals surface area contributed by atoms with Crippen LogP contribution < -0.4 is 10.9 Å². The smallest absolute Gasteiger partial charge is 0.252 e. The van der Waals surface area contributed by atoms with Gasteiger partial charge in [0.1, 0.15) is 5.60 Å². The molecule has 2 heterocycles. The number of hydrogen-bond donors (Lipinski definition) is 3. The minimum atomic E-state index is -1.16. The summed E-state index contributed by atoms with van der Waals surface area (Å²) in [6.07, 6.45) is 0. The van der Waals surface area contributed by atoms with Crippen molar-refractivity contribution in [3.8, 4) is 0 Å². The number of fused-ring (bicyclic) bond motifs is 1. The second-order valence-electron chi connectivity index (χ2n) is 5.56. The Morgan fingerprint density at radius 1 is 1.35 bits per heavy atom. The normalized spacial score (nSPS) is 13.7. The number of aromatic amines is 1. The maximum atomic E-state index is 12.5. The predicted molar refractivity (Wildman–Crippen MR) is 90.8 cm³/mol. The molecule has 23 heavy (non-hydrogen) atoms. The molecule has 118 valence electrons. The van der Waals surface area contributed by atoms with Gasteiger partial charge in [0.2, 0.25) is 5.56 Å². The molecule has 1 atom stereocenters. The number of aromatic nitrogens is 1. The van der Waals surface area contributed by atoms with Crippen LogP contribution in [0.2, 0.25) is 0 Å². The number of amides is 1. The van der Waals surface area contributed by atoms with Crippen LogP contribution in [0.1, 0.15) is 22.8 Å². The molecular weight excluding hydrogens is 312 g/mol. The predicted octanol–water partition coefficient (Wildman–Crippen LogP) is 2.23. The molecule has 0 fully saturated rings. The van der Waals surface area contributed by atoms with Crippen molar-refractivity contribution in [1.82, 2.24) is 10.3 Å². The number of carbonyl (C=O) groups is 1. The molecule has 0 bridgehead atoms. The third-order valence-electron chi connectivity index (χ3n) is 3.73. The van der Waals surface area contributed by atoms with E-state index in [2.05, 4.69) is 10.3 Å². The highest BCUT2D eigenvalue weighted by Gasteiger charge is 2.24. The van der Waals surface area contributed by atoms with E-state index >= 15 is 0 Å².